The van der Waals surface area contributed by atoms with E-state index in [1.165, 1.54) is 28.2 Å². The predicted octanol–water partition coefficient (Wildman–Crippen LogP) is 2.52. The number of nitrogens with one attached hydrogen (secondary N) is 1. The standard InChI is InChI=1S/C17H22N4OS/c1-13-4-3-5-15(14(13)2)20-7-9-21(10-8-20)16(22)12-19-17-18-6-11-23-17/h3-6,11H,7-10,12H2,1-2H3,(H,18,19). The van der Waals surface area contributed by atoms with Gasteiger partial charge in [0.25, 0.3) is 0 Å². The molecule has 0 aliphatic carbocycles. The summed E-state index contributed by atoms with van der Waals surface area (Å²) in [6.07, 6.45) is 1.74. The Labute approximate surface area is 140 Å². The van der Waals surface area contributed by atoms with Gasteiger partial charge >= 0.3 is 0 Å². The summed E-state index contributed by atoms with van der Waals surface area (Å²) in [5.74, 6) is 0.140. The van der Waals surface area contributed by atoms with E-state index in [9.17, 15) is 4.79 Å². The Morgan fingerprint density at radius 2 is 2.04 bits per heavy atom. The second kappa shape index (κ2) is 7.00. The maximum Gasteiger partial charge on any atom is 0.242 e. The molecule has 1 amide bonds. The van der Waals surface area contributed by atoms with Gasteiger partial charge in [0, 0.05) is 43.4 Å². The third-order valence-electron chi connectivity index (χ3n) is 4.37. The number of amides is 1. The third-order valence-corrected chi connectivity index (χ3v) is 5.10. The highest BCUT2D eigenvalue weighted by Gasteiger charge is 2.22. The van der Waals surface area contributed by atoms with Gasteiger partial charge < -0.3 is 15.1 Å². The van der Waals surface area contributed by atoms with Crippen LogP contribution >= 0.6 is 11.3 Å². The van der Waals surface area contributed by atoms with E-state index in [4.69, 9.17) is 0 Å². The van der Waals surface area contributed by atoms with Gasteiger partial charge in [0.15, 0.2) is 5.13 Å². The third kappa shape index (κ3) is 3.64. The SMILES string of the molecule is Cc1cccc(N2CCN(C(=O)CNc3nccs3)CC2)c1C. The van der Waals surface area contributed by atoms with Gasteiger partial charge in [0.1, 0.15) is 0 Å². The Balaban J connectivity index is 1.53. The monoisotopic (exact) mass is 330 g/mol. The summed E-state index contributed by atoms with van der Waals surface area (Å²) < 4.78 is 0. The molecule has 0 bridgehead atoms. The van der Waals surface area contributed by atoms with Crippen LogP contribution < -0.4 is 10.2 Å². The number of piperazine rings is 1. The van der Waals surface area contributed by atoms with E-state index < -0.39 is 0 Å². The summed E-state index contributed by atoms with van der Waals surface area (Å²) in [7, 11) is 0. The van der Waals surface area contributed by atoms with Crippen molar-refractivity contribution >= 4 is 28.1 Å². The van der Waals surface area contributed by atoms with Crippen molar-refractivity contribution in [2.24, 2.45) is 0 Å². The Morgan fingerprint density at radius 3 is 2.74 bits per heavy atom. The van der Waals surface area contributed by atoms with Crippen molar-refractivity contribution in [1.29, 1.82) is 0 Å². The van der Waals surface area contributed by atoms with Crippen LogP contribution in [-0.4, -0.2) is 48.5 Å². The number of aryl methyl sites for hydroxylation is 1. The van der Waals surface area contributed by atoms with Crippen LogP contribution in [0.15, 0.2) is 29.8 Å². The molecule has 1 aromatic heterocycles. The lowest BCUT2D eigenvalue weighted by Crippen LogP contribution is -2.50. The molecule has 0 atom stereocenters. The number of hydrogen-bond acceptors (Lipinski definition) is 5. The molecule has 1 N–H and O–H groups in total. The van der Waals surface area contributed by atoms with Gasteiger partial charge in [-0.2, -0.15) is 0 Å². The van der Waals surface area contributed by atoms with E-state index in [1.54, 1.807) is 6.20 Å². The van der Waals surface area contributed by atoms with Crippen molar-refractivity contribution < 1.29 is 4.79 Å². The van der Waals surface area contributed by atoms with Crippen molar-refractivity contribution in [1.82, 2.24) is 9.88 Å². The number of aromatic nitrogens is 1. The number of hydrogen-bond donors (Lipinski definition) is 1. The molecule has 0 unspecified atom stereocenters. The second-order valence-corrected chi connectivity index (χ2v) is 6.67. The van der Waals surface area contributed by atoms with Crippen LogP contribution in [0.3, 0.4) is 0 Å². The molecule has 1 saturated heterocycles. The number of carbonyl (C=O) groups excluding carboxylic acids is 1. The molecule has 23 heavy (non-hydrogen) atoms. The van der Waals surface area contributed by atoms with Gasteiger partial charge in [-0.25, -0.2) is 4.98 Å². The first kappa shape index (κ1) is 15.8. The molecular formula is C17H22N4OS. The van der Waals surface area contributed by atoms with Crippen LogP contribution in [0, 0.1) is 13.8 Å². The van der Waals surface area contributed by atoms with Gasteiger partial charge in [-0.1, -0.05) is 12.1 Å². The van der Waals surface area contributed by atoms with Gasteiger partial charge in [-0.05, 0) is 31.0 Å². The van der Waals surface area contributed by atoms with Gasteiger partial charge in [-0.15, -0.1) is 11.3 Å². The first-order valence-electron chi connectivity index (χ1n) is 7.87. The molecular weight excluding hydrogens is 308 g/mol. The lowest BCUT2D eigenvalue weighted by atomic mass is 10.1. The highest BCUT2D eigenvalue weighted by Crippen LogP contribution is 2.23. The van der Waals surface area contributed by atoms with Crippen molar-refractivity contribution in [2.75, 3.05) is 42.9 Å². The molecule has 2 heterocycles. The van der Waals surface area contributed by atoms with Crippen molar-refractivity contribution in [3.8, 4) is 0 Å². The maximum absolute atomic E-state index is 12.3. The van der Waals surface area contributed by atoms with Crippen molar-refractivity contribution in [2.45, 2.75) is 13.8 Å². The minimum Gasteiger partial charge on any atom is -0.368 e. The number of benzene rings is 1. The molecule has 1 fully saturated rings. The largest absolute Gasteiger partial charge is 0.368 e. The van der Waals surface area contributed by atoms with Crippen LogP contribution in [0.2, 0.25) is 0 Å². The molecule has 0 saturated carbocycles. The molecule has 5 nitrogen and oxygen atoms in total. The number of nitrogens with zero attached hydrogens (tertiary/aromatic N) is 3. The van der Waals surface area contributed by atoms with E-state index in [2.05, 4.69) is 47.2 Å². The van der Waals surface area contributed by atoms with Gasteiger partial charge in [0.2, 0.25) is 5.91 Å². The molecule has 1 aliphatic heterocycles. The molecule has 1 aromatic carbocycles. The van der Waals surface area contributed by atoms with E-state index in [-0.39, 0.29) is 5.91 Å². The minimum absolute atomic E-state index is 0.140. The minimum atomic E-state index is 0.140. The Bertz CT molecular complexity index is 663. The van der Waals surface area contributed by atoms with Crippen LogP contribution in [0.25, 0.3) is 0 Å². The van der Waals surface area contributed by atoms with Crippen LogP contribution in [0.4, 0.5) is 10.8 Å². The number of anilines is 2. The molecule has 122 valence electrons. The average Bonchev–Trinajstić information content (AvgIpc) is 3.09. The molecule has 2 aromatic rings. The smallest absolute Gasteiger partial charge is 0.242 e. The lowest BCUT2D eigenvalue weighted by molar-refractivity contribution is -0.129. The summed E-state index contributed by atoms with van der Waals surface area (Å²) >= 11 is 1.51. The number of thiazole rings is 1. The fourth-order valence-corrected chi connectivity index (χ4v) is 3.38. The zero-order valence-corrected chi connectivity index (χ0v) is 14.4. The van der Waals surface area contributed by atoms with Crippen LogP contribution in [0.1, 0.15) is 11.1 Å². The first-order chi connectivity index (χ1) is 11.1. The summed E-state index contributed by atoms with van der Waals surface area (Å²) in [4.78, 5) is 20.7. The van der Waals surface area contributed by atoms with E-state index >= 15 is 0 Å². The summed E-state index contributed by atoms with van der Waals surface area (Å²) in [5.41, 5.74) is 3.93. The van der Waals surface area contributed by atoms with E-state index in [0.29, 0.717) is 6.54 Å². The molecule has 3 rings (SSSR count). The normalized spacial score (nSPS) is 14.9. The molecule has 0 spiro atoms. The molecule has 1 aliphatic rings. The van der Waals surface area contributed by atoms with E-state index in [1.807, 2.05) is 10.3 Å². The van der Waals surface area contributed by atoms with Crippen LogP contribution in [0.5, 0.6) is 0 Å². The first-order valence-corrected chi connectivity index (χ1v) is 8.75. The maximum atomic E-state index is 12.3. The fraction of sp³-hybridized carbons (Fsp3) is 0.412. The quantitative estimate of drug-likeness (QED) is 0.936. The molecule has 6 heteroatoms. The highest BCUT2D eigenvalue weighted by atomic mass is 32.1. The Hall–Kier alpha value is -2.08. The Morgan fingerprint density at radius 1 is 1.26 bits per heavy atom. The average molecular weight is 330 g/mol. The zero-order chi connectivity index (χ0) is 16.2. The zero-order valence-electron chi connectivity index (χ0n) is 13.6. The van der Waals surface area contributed by atoms with Crippen molar-refractivity contribution in [3.05, 3.63) is 40.9 Å². The predicted molar refractivity (Wildman–Crippen MR) is 95.3 cm³/mol. The highest BCUT2D eigenvalue weighted by molar-refractivity contribution is 7.13. The molecule has 0 radical (unpaired) electrons. The summed E-state index contributed by atoms with van der Waals surface area (Å²) in [6.45, 7) is 7.93. The summed E-state index contributed by atoms with van der Waals surface area (Å²) in [5, 5.41) is 5.78. The van der Waals surface area contributed by atoms with Crippen molar-refractivity contribution in [3.63, 3.8) is 0 Å². The van der Waals surface area contributed by atoms with E-state index in [0.717, 1.165) is 31.3 Å². The van der Waals surface area contributed by atoms with Crippen LogP contribution in [-0.2, 0) is 4.79 Å². The summed E-state index contributed by atoms with van der Waals surface area (Å²) in [6, 6.07) is 6.42. The topological polar surface area (TPSA) is 48.5 Å². The number of rotatable bonds is 4. The second-order valence-electron chi connectivity index (χ2n) is 5.78. The Kier molecular flexibility index (Phi) is 4.81. The fourth-order valence-electron chi connectivity index (χ4n) is 2.85. The van der Waals surface area contributed by atoms with Gasteiger partial charge in [-0.3, -0.25) is 4.79 Å². The number of carbonyl (C=O) groups is 1. The lowest BCUT2D eigenvalue weighted by Gasteiger charge is -2.37. The van der Waals surface area contributed by atoms with Gasteiger partial charge in [0.05, 0.1) is 6.54 Å².